The number of aliphatic hydroxyl groups excluding tert-OH is 1. The van der Waals surface area contributed by atoms with Crippen LogP contribution in [0.3, 0.4) is 0 Å². The minimum atomic E-state index is -1.79. The van der Waals surface area contributed by atoms with Gasteiger partial charge in [0.2, 0.25) is 11.8 Å². The van der Waals surface area contributed by atoms with E-state index in [-0.39, 0.29) is 30.9 Å². The molecule has 184 valence electrons. The molecule has 8 nitrogen and oxygen atoms in total. The van der Waals surface area contributed by atoms with Crippen molar-refractivity contribution in [3.63, 3.8) is 0 Å². The van der Waals surface area contributed by atoms with E-state index in [1.54, 1.807) is 41.0 Å². The lowest BCUT2D eigenvalue weighted by atomic mass is 9.82. The zero-order valence-corrected chi connectivity index (χ0v) is 19.8. The van der Waals surface area contributed by atoms with E-state index < -0.39 is 17.4 Å². The third-order valence-corrected chi connectivity index (χ3v) is 7.43. The van der Waals surface area contributed by atoms with Crippen LogP contribution in [0.1, 0.15) is 63.9 Å². The first kappa shape index (κ1) is 24.4. The van der Waals surface area contributed by atoms with Gasteiger partial charge in [0.25, 0.3) is 5.91 Å². The Labute approximate surface area is 200 Å². The van der Waals surface area contributed by atoms with Gasteiger partial charge in [0.05, 0.1) is 12.6 Å². The Morgan fingerprint density at radius 3 is 2.79 bits per heavy atom. The number of amides is 3. The van der Waals surface area contributed by atoms with Gasteiger partial charge in [-0.05, 0) is 43.9 Å². The second-order valence-corrected chi connectivity index (χ2v) is 9.65. The van der Waals surface area contributed by atoms with Crippen molar-refractivity contribution in [1.82, 2.24) is 4.90 Å². The summed E-state index contributed by atoms with van der Waals surface area (Å²) in [6, 6.07) is 5.18. The maximum Gasteiger partial charge on any atom is 0.261 e. The van der Waals surface area contributed by atoms with Gasteiger partial charge in [0.15, 0.2) is 5.60 Å². The van der Waals surface area contributed by atoms with E-state index in [1.165, 1.54) is 0 Å². The zero-order chi connectivity index (χ0) is 24.3. The molecule has 34 heavy (non-hydrogen) atoms. The summed E-state index contributed by atoms with van der Waals surface area (Å²) in [7, 11) is 0. The molecule has 0 bridgehead atoms. The average Bonchev–Trinajstić information content (AvgIpc) is 3.39. The number of hydrogen-bond donors (Lipinski definition) is 3. The fourth-order valence-corrected chi connectivity index (χ4v) is 5.33. The van der Waals surface area contributed by atoms with Crippen LogP contribution in [0.5, 0.6) is 0 Å². The number of benzene rings is 1. The Balaban J connectivity index is 1.51. The van der Waals surface area contributed by atoms with Gasteiger partial charge >= 0.3 is 0 Å². The molecule has 8 heteroatoms. The Bertz CT molecular complexity index is 977. The molecular weight excluding hydrogens is 434 g/mol. The van der Waals surface area contributed by atoms with Gasteiger partial charge in [-0.15, -0.1) is 0 Å². The van der Waals surface area contributed by atoms with Crippen molar-refractivity contribution in [2.45, 2.75) is 69.9 Å². The van der Waals surface area contributed by atoms with Gasteiger partial charge in [-0.2, -0.15) is 0 Å². The molecule has 3 heterocycles. The minimum Gasteiger partial charge on any atom is -0.394 e. The maximum atomic E-state index is 12.9. The highest BCUT2D eigenvalue weighted by atomic mass is 16.3. The van der Waals surface area contributed by atoms with Crippen LogP contribution in [0, 0.1) is 5.92 Å². The van der Waals surface area contributed by atoms with Crippen LogP contribution in [0.15, 0.2) is 30.4 Å². The number of nitrogens with zero attached hydrogens (tertiary/aromatic N) is 2. The number of nitrogens with one attached hydrogen (secondary N) is 1. The minimum absolute atomic E-state index is 0.0373. The lowest BCUT2D eigenvalue weighted by molar-refractivity contribution is -0.137. The standard InChI is InChI=1S/C26H35N3O5/c1-18(8-6-11-24(32)29-15-7-9-20(29)17-30)26(34)21-16-19(12-13-22(21)27-25(26)33)28-14-5-3-2-4-10-23(28)31/h6,8,12-13,16,18,20,30,34H,2-5,7,9-11,14-15,17H2,1H3,(H,27,33)/b8-6+/t18-,20-,26+/m0/s1. The van der Waals surface area contributed by atoms with E-state index in [1.807, 2.05) is 6.07 Å². The summed E-state index contributed by atoms with van der Waals surface area (Å²) in [5, 5.41) is 23.7. The van der Waals surface area contributed by atoms with Crippen LogP contribution >= 0.6 is 0 Å². The molecule has 3 N–H and O–H groups in total. The molecule has 0 spiro atoms. The normalized spacial score (nSPS) is 26.4. The molecule has 0 aromatic heterocycles. The van der Waals surface area contributed by atoms with Crippen LogP contribution in [-0.2, 0) is 20.0 Å². The van der Waals surface area contributed by atoms with Gasteiger partial charge < -0.3 is 25.3 Å². The van der Waals surface area contributed by atoms with Crippen molar-refractivity contribution in [2.75, 3.05) is 29.9 Å². The van der Waals surface area contributed by atoms with E-state index in [0.717, 1.165) is 38.5 Å². The second-order valence-electron chi connectivity index (χ2n) is 9.65. The monoisotopic (exact) mass is 469 g/mol. The second kappa shape index (κ2) is 10.3. The molecule has 0 aliphatic carbocycles. The molecule has 0 saturated carbocycles. The Morgan fingerprint density at radius 1 is 1.21 bits per heavy atom. The van der Waals surface area contributed by atoms with Gasteiger partial charge in [0, 0.05) is 48.8 Å². The highest BCUT2D eigenvalue weighted by Crippen LogP contribution is 2.43. The van der Waals surface area contributed by atoms with Crippen molar-refractivity contribution in [1.29, 1.82) is 0 Å². The predicted molar refractivity (Wildman–Crippen MR) is 129 cm³/mol. The molecule has 3 atom stereocenters. The van der Waals surface area contributed by atoms with Crippen LogP contribution in [0.25, 0.3) is 0 Å². The van der Waals surface area contributed by atoms with Crippen molar-refractivity contribution >= 4 is 29.1 Å². The Morgan fingerprint density at radius 2 is 2.00 bits per heavy atom. The number of aliphatic hydroxyl groups is 2. The van der Waals surface area contributed by atoms with Crippen LogP contribution in [0.4, 0.5) is 11.4 Å². The number of hydrogen-bond acceptors (Lipinski definition) is 5. The SMILES string of the molecule is C[C@@H](/C=C/CC(=O)N1CCC[C@H]1CO)[C@]1(O)C(=O)Nc2ccc(N3CCCCCCC3=O)cc21. The van der Waals surface area contributed by atoms with E-state index in [4.69, 9.17) is 0 Å². The molecule has 3 aliphatic heterocycles. The van der Waals surface area contributed by atoms with E-state index >= 15 is 0 Å². The molecule has 2 saturated heterocycles. The van der Waals surface area contributed by atoms with E-state index in [9.17, 15) is 24.6 Å². The van der Waals surface area contributed by atoms with Crippen molar-refractivity contribution in [3.05, 3.63) is 35.9 Å². The molecule has 0 unspecified atom stereocenters. The van der Waals surface area contributed by atoms with Crippen molar-refractivity contribution < 1.29 is 24.6 Å². The lowest BCUT2D eigenvalue weighted by Crippen LogP contribution is -2.40. The summed E-state index contributed by atoms with van der Waals surface area (Å²) in [4.78, 5) is 41.6. The first-order valence-corrected chi connectivity index (χ1v) is 12.4. The predicted octanol–water partition coefficient (Wildman–Crippen LogP) is 2.69. The molecule has 1 aromatic rings. The number of carbonyl (C=O) groups excluding carboxylic acids is 3. The van der Waals surface area contributed by atoms with Gasteiger partial charge in [0.1, 0.15) is 0 Å². The first-order valence-electron chi connectivity index (χ1n) is 12.4. The molecule has 1 aromatic carbocycles. The molecule has 2 fully saturated rings. The molecule has 3 amide bonds. The molecule has 0 radical (unpaired) electrons. The van der Waals surface area contributed by atoms with Gasteiger partial charge in [-0.1, -0.05) is 31.9 Å². The summed E-state index contributed by atoms with van der Waals surface area (Å²) < 4.78 is 0. The van der Waals surface area contributed by atoms with Crippen molar-refractivity contribution in [2.24, 2.45) is 5.92 Å². The zero-order valence-electron chi connectivity index (χ0n) is 19.8. The summed E-state index contributed by atoms with van der Waals surface area (Å²) in [6.07, 6.45) is 9.67. The smallest absolute Gasteiger partial charge is 0.261 e. The first-order chi connectivity index (χ1) is 16.4. The molecule has 4 rings (SSSR count). The fourth-order valence-electron chi connectivity index (χ4n) is 5.33. The lowest BCUT2D eigenvalue weighted by Gasteiger charge is -2.29. The summed E-state index contributed by atoms with van der Waals surface area (Å²) in [6.45, 7) is 2.98. The highest BCUT2D eigenvalue weighted by molar-refractivity contribution is 6.06. The summed E-state index contributed by atoms with van der Waals surface area (Å²) >= 11 is 0. The van der Waals surface area contributed by atoms with E-state index in [2.05, 4.69) is 5.32 Å². The maximum absolute atomic E-state index is 12.9. The largest absolute Gasteiger partial charge is 0.394 e. The fraction of sp³-hybridized carbons (Fsp3) is 0.577. The third-order valence-electron chi connectivity index (χ3n) is 7.43. The Hall–Kier alpha value is -2.71. The number of likely N-dealkylation sites (tertiary alicyclic amines) is 1. The summed E-state index contributed by atoms with van der Waals surface area (Å²) in [5.41, 5.74) is -0.114. The van der Waals surface area contributed by atoms with Gasteiger partial charge in [-0.3, -0.25) is 14.4 Å². The summed E-state index contributed by atoms with van der Waals surface area (Å²) in [5.74, 6) is -1.11. The molecule has 3 aliphatic rings. The van der Waals surface area contributed by atoms with Crippen LogP contribution in [-0.4, -0.2) is 58.6 Å². The van der Waals surface area contributed by atoms with Gasteiger partial charge in [-0.25, -0.2) is 0 Å². The quantitative estimate of drug-likeness (QED) is 0.555. The third kappa shape index (κ3) is 4.61. The number of carbonyl (C=O) groups is 3. The number of anilines is 2. The van der Waals surface area contributed by atoms with Crippen molar-refractivity contribution in [3.8, 4) is 0 Å². The van der Waals surface area contributed by atoms with E-state index in [0.29, 0.717) is 36.4 Å². The number of fused-ring (bicyclic) bond motifs is 1. The van der Waals surface area contributed by atoms with Crippen LogP contribution in [0.2, 0.25) is 0 Å². The number of rotatable bonds is 6. The topological polar surface area (TPSA) is 110 Å². The molecular formula is C26H35N3O5. The average molecular weight is 470 g/mol. The highest BCUT2D eigenvalue weighted by Gasteiger charge is 2.49. The Kier molecular flexibility index (Phi) is 7.38. The van der Waals surface area contributed by atoms with Crippen LogP contribution < -0.4 is 10.2 Å².